The molecular formula is C18H16F3N3O2S. The third kappa shape index (κ3) is 4.54. The van der Waals surface area contributed by atoms with Gasteiger partial charge in [0.05, 0.1) is 21.8 Å². The van der Waals surface area contributed by atoms with Crippen molar-refractivity contribution in [3.05, 3.63) is 65.5 Å². The van der Waals surface area contributed by atoms with Gasteiger partial charge in [-0.1, -0.05) is 29.4 Å². The first-order valence-corrected chi connectivity index (χ1v) is 9.82. The van der Waals surface area contributed by atoms with Crippen LogP contribution >= 0.6 is 0 Å². The van der Waals surface area contributed by atoms with Crippen LogP contribution in [0.15, 0.2) is 62.3 Å². The van der Waals surface area contributed by atoms with E-state index in [1.54, 1.807) is 31.2 Å². The molecule has 0 aliphatic carbocycles. The fourth-order valence-corrected chi connectivity index (χ4v) is 3.53. The summed E-state index contributed by atoms with van der Waals surface area (Å²) in [5.41, 5.74) is 0.796. The van der Waals surface area contributed by atoms with E-state index < -0.39 is 21.5 Å². The molecule has 0 radical (unpaired) electrons. The summed E-state index contributed by atoms with van der Waals surface area (Å²) in [4.78, 5) is 4.39. The zero-order valence-corrected chi connectivity index (χ0v) is 15.3. The van der Waals surface area contributed by atoms with Crippen molar-refractivity contribution in [3.8, 4) is 11.4 Å². The predicted molar refractivity (Wildman–Crippen MR) is 94.4 cm³/mol. The molecule has 1 atom stereocenters. The smallest absolute Gasteiger partial charge is 0.339 e. The number of hydrogen-bond acceptors (Lipinski definition) is 5. The van der Waals surface area contributed by atoms with Crippen LogP contribution in [0.25, 0.3) is 11.4 Å². The van der Waals surface area contributed by atoms with E-state index in [1.165, 1.54) is 18.4 Å². The zero-order valence-electron chi connectivity index (χ0n) is 14.5. The highest BCUT2D eigenvalue weighted by Gasteiger charge is 2.30. The van der Waals surface area contributed by atoms with Crippen LogP contribution < -0.4 is 0 Å². The van der Waals surface area contributed by atoms with Crippen LogP contribution in [0.2, 0.25) is 0 Å². The van der Waals surface area contributed by atoms with E-state index in [0.29, 0.717) is 11.7 Å². The van der Waals surface area contributed by atoms with Gasteiger partial charge in [-0.3, -0.25) is 0 Å². The van der Waals surface area contributed by atoms with Crippen molar-refractivity contribution in [1.29, 1.82) is 0 Å². The number of aryl methyl sites for hydroxylation is 1. The van der Waals surface area contributed by atoms with Crippen LogP contribution in [0, 0.1) is 6.92 Å². The highest BCUT2D eigenvalue weighted by molar-refractivity contribution is 7.93. The predicted octanol–water partition coefficient (Wildman–Crippen LogP) is 4.72. The SMILES string of the molecule is Cc1nc(-c2ccc(CN=S(C)(=O)c3ccc(C(F)(F)F)cc3)cc2)no1. The van der Waals surface area contributed by atoms with Crippen LogP contribution in [0.1, 0.15) is 17.0 Å². The van der Waals surface area contributed by atoms with Crippen LogP contribution in [0.4, 0.5) is 13.2 Å². The van der Waals surface area contributed by atoms with Gasteiger partial charge in [0.25, 0.3) is 0 Å². The minimum atomic E-state index is -4.43. The lowest BCUT2D eigenvalue weighted by Gasteiger charge is -2.09. The molecule has 0 saturated carbocycles. The molecule has 1 unspecified atom stereocenters. The van der Waals surface area contributed by atoms with Gasteiger partial charge >= 0.3 is 6.18 Å². The Balaban J connectivity index is 1.77. The largest absolute Gasteiger partial charge is 0.416 e. The molecule has 0 saturated heterocycles. The fraction of sp³-hybridized carbons (Fsp3) is 0.222. The van der Waals surface area contributed by atoms with E-state index >= 15 is 0 Å². The van der Waals surface area contributed by atoms with Gasteiger partial charge in [0, 0.05) is 23.6 Å². The lowest BCUT2D eigenvalue weighted by atomic mass is 10.1. The maximum atomic E-state index is 12.7. The molecule has 2 aromatic carbocycles. The summed E-state index contributed by atoms with van der Waals surface area (Å²) in [6.45, 7) is 1.87. The number of nitrogens with zero attached hydrogens (tertiary/aromatic N) is 3. The molecule has 9 heteroatoms. The average Bonchev–Trinajstić information content (AvgIpc) is 3.06. The zero-order chi connectivity index (χ0) is 19.7. The number of hydrogen-bond donors (Lipinski definition) is 0. The van der Waals surface area contributed by atoms with Gasteiger partial charge in [-0.2, -0.15) is 18.2 Å². The van der Waals surface area contributed by atoms with Gasteiger partial charge in [-0.05, 0) is 29.8 Å². The molecular weight excluding hydrogens is 379 g/mol. The molecule has 0 amide bonds. The molecule has 3 rings (SSSR count). The lowest BCUT2D eigenvalue weighted by molar-refractivity contribution is -0.137. The highest BCUT2D eigenvalue weighted by Crippen LogP contribution is 2.30. The van der Waals surface area contributed by atoms with Gasteiger partial charge in [-0.15, -0.1) is 0 Å². The van der Waals surface area contributed by atoms with Crippen LogP contribution in [-0.4, -0.2) is 20.6 Å². The van der Waals surface area contributed by atoms with Crippen molar-refractivity contribution < 1.29 is 21.9 Å². The highest BCUT2D eigenvalue weighted by atomic mass is 32.2. The normalized spacial score (nSPS) is 14.0. The van der Waals surface area contributed by atoms with E-state index in [9.17, 15) is 17.4 Å². The van der Waals surface area contributed by atoms with Gasteiger partial charge in [-0.25, -0.2) is 8.57 Å². The summed E-state index contributed by atoms with van der Waals surface area (Å²) in [5.74, 6) is 0.936. The van der Waals surface area contributed by atoms with E-state index in [2.05, 4.69) is 14.5 Å². The minimum Gasteiger partial charge on any atom is -0.339 e. The monoisotopic (exact) mass is 395 g/mol. The Hall–Kier alpha value is -2.68. The Morgan fingerprint density at radius 3 is 2.22 bits per heavy atom. The van der Waals surface area contributed by atoms with Gasteiger partial charge < -0.3 is 4.52 Å². The van der Waals surface area contributed by atoms with Crippen molar-refractivity contribution in [2.45, 2.75) is 24.5 Å². The quantitative estimate of drug-likeness (QED) is 0.641. The van der Waals surface area contributed by atoms with Crippen molar-refractivity contribution in [2.24, 2.45) is 4.36 Å². The standard InChI is InChI=1S/C18H16F3N3O2S/c1-12-23-17(24-26-12)14-5-3-13(4-6-14)11-22-27(2,25)16-9-7-15(8-10-16)18(19,20)21/h3-10H,11H2,1-2H3. The number of aromatic nitrogens is 2. The summed E-state index contributed by atoms with van der Waals surface area (Å²) in [6, 6.07) is 11.4. The fourth-order valence-electron chi connectivity index (χ4n) is 2.34. The molecule has 5 nitrogen and oxygen atoms in total. The molecule has 0 aliphatic rings. The molecule has 1 heterocycles. The maximum Gasteiger partial charge on any atom is 0.416 e. The first-order valence-electron chi connectivity index (χ1n) is 7.90. The molecule has 1 aromatic heterocycles. The van der Waals surface area contributed by atoms with Gasteiger partial charge in [0.2, 0.25) is 11.7 Å². The second kappa shape index (κ2) is 7.15. The Morgan fingerprint density at radius 2 is 1.70 bits per heavy atom. The summed E-state index contributed by atoms with van der Waals surface area (Å²) >= 11 is 0. The number of halogens is 3. The summed E-state index contributed by atoms with van der Waals surface area (Å²) in [6.07, 6.45) is -3.02. The molecule has 0 bridgehead atoms. The molecule has 0 N–H and O–H groups in total. The third-order valence-corrected chi connectivity index (χ3v) is 5.62. The second-order valence-corrected chi connectivity index (χ2v) is 8.28. The Morgan fingerprint density at radius 1 is 1.07 bits per heavy atom. The Kier molecular flexibility index (Phi) is 5.05. The van der Waals surface area contributed by atoms with Crippen LogP contribution in [0.5, 0.6) is 0 Å². The second-order valence-electron chi connectivity index (χ2n) is 5.95. The molecule has 0 spiro atoms. The minimum absolute atomic E-state index is 0.169. The van der Waals surface area contributed by atoms with Crippen molar-refractivity contribution in [2.75, 3.05) is 6.26 Å². The summed E-state index contributed by atoms with van der Waals surface area (Å²) in [5, 5.41) is 3.83. The van der Waals surface area contributed by atoms with Crippen molar-refractivity contribution in [1.82, 2.24) is 10.1 Å². The van der Waals surface area contributed by atoms with E-state index in [0.717, 1.165) is 23.3 Å². The number of alkyl halides is 3. The van der Waals surface area contributed by atoms with Crippen LogP contribution in [-0.2, 0) is 22.5 Å². The molecule has 0 fully saturated rings. The Labute approximate surface area is 154 Å². The lowest BCUT2D eigenvalue weighted by Crippen LogP contribution is -2.05. The Bertz CT molecular complexity index is 1050. The first-order chi connectivity index (χ1) is 12.6. The van der Waals surface area contributed by atoms with Crippen LogP contribution in [0.3, 0.4) is 0 Å². The number of rotatable bonds is 4. The number of benzene rings is 2. The summed E-state index contributed by atoms with van der Waals surface area (Å²) in [7, 11) is -2.81. The first kappa shape index (κ1) is 19.1. The van der Waals surface area contributed by atoms with E-state index in [4.69, 9.17) is 4.52 Å². The average molecular weight is 395 g/mol. The topological polar surface area (TPSA) is 68.3 Å². The van der Waals surface area contributed by atoms with Crippen molar-refractivity contribution in [3.63, 3.8) is 0 Å². The maximum absolute atomic E-state index is 12.7. The van der Waals surface area contributed by atoms with Gasteiger partial charge in [0.1, 0.15) is 0 Å². The molecule has 3 aromatic rings. The third-order valence-electron chi connectivity index (χ3n) is 3.85. The summed E-state index contributed by atoms with van der Waals surface area (Å²) < 4.78 is 59.8. The van der Waals surface area contributed by atoms with E-state index in [1.807, 2.05) is 0 Å². The van der Waals surface area contributed by atoms with Crippen molar-refractivity contribution >= 4 is 9.73 Å². The molecule has 27 heavy (non-hydrogen) atoms. The molecule has 142 valence electrons. The molecule has 0 aliphatic heterocycles. The van der Waals surface area contributed by atoms with Gasteiger partial charge in [0.15, 0.2) is 0 Å². The van der Waals surface area contributed by atoms with E-state index in [-0.39, 0.29) is 11.4 Å².